The molecule has 31 heavy (non-hydrogen) atoms. The van der Waals surface area contributed by atoms with Crippen molar-refractivity contribution in [3.8, 4) is 0 Å². The standard InChI is InChI=1S/C22H27N7O2/c1-15-13-29(14-16(2)31-15)22-26-20-18(21(27-22)28-8-10-30-11-9-28)5-6-19(25-20)24-17-4-3-7-23-12-17/h3-7,12,15-16H,8-11,13-14H2,1-2H3,(H,24,25,26,27). The van der Waals surface area contributed by atoms with Crippen molar-refractivity contribution in [2.75, 3.05) is 54.5 Å². The van der Waals surface area contributed by atoms with Gasteiger partial charge in [0.2, 0.25) is 5.95 Å². The molecule has 5 rings (SSSR count). The summed E-state index contributed by atoms with van der Waals surface area (Å²) in [5.74, 6) is 2.33. The Labute approximate surface area is 181 Å². The van der Waals surface area contributed by atoms with Crippen LogP contribution in [0.4, 0.5) is 23.3 Å². The maximum absolute atomic E-state index is 5.90. The maximum atomic E-state index is 5.90. The van der Waals surface area contributed by atoms with Crippen LogP contribution in [0.5, 0.6) is 0 Å². The van der Waals surface area contributed by atoms with Crippen molar-refractivity contribution in [3.63, 3.8) is 0 Å². The average Bonchev–Trinajstić information content (AvgIpc) is 2.79. The maximum Gasteiger partial charge on any atom is 0.229 e. The quantitative estimate of drug-likeness (QED) is 0.683. The van der Waals surface area contributed by atoms with Crippen LogP contribution in [0.2, 0.25) is 0 Å². The number of nitrogens with one attached hydrogen (secondary N) is 1. The molecule has 0 aliphatic carbocycles. The van der Waals surface area contributed by atoms with Gasteiger partial charge in [0.1, 0.15) is 11.6 Å². The second-order valence-electron chi connectivity index (χ2n) is 8.04. The summed E-state index contributed by atoms with van der Waals surface area (Å²) in [7, 11) is 0. The molecule has 2 atom stereocenters. The molecule has 0 aromatic carbocycles. The molecule has 0 amide bonds. The summed E-state index contributed by atoms with van der Waals surface area (Å²) in [6.45, 7) is 8.68. The first kappa shape index (κ1) is 19.9. The summed E-state index contributed by atoms with van der Waals surface area (Å²) in [5, 5.41) is 4.25. The molecule has 2 aliphatic heterocycles. The number of ether oxygens (including phenoxy) is 2. The van der Waals surface area contributed by atoms with E-state index in [4.69, 9.17) is 24.4 Å². The molecule has 0 saturated carbocycles. The van der Waals surface area contributed by atoms with Crippen LogP contribution in [-0.4, -0.2) is 71.5 Å². The van der Waals surface area contributed by atoms with Gasteiger partial charge in [-0.15, -0.1) is 0 Å². The van der Waals surface area contributed by atoms with Crippen LogP contribution in [0.1, 0.15) is 13.8 Å². The molecular formula is C22H27N7O2. The molecule has 9 heteroatoms. The van der Waals surface area contributed by atoms with Gasteiger partial charge in [-0.25, -0.2) is 4.98 Å². The first-order chi connectivity index (χ1) is 15.2. The first-order valence-electron chi connectivity index (χ1n) is 10.7. The third kappa shape index (κ3) is 4.38. The van der Waals surface area contributed by atoms with E-state index in [1.165, 1.54) is 0 Å². The van der Waals surface area contributed by atoms with Gasteiger partial charge in [0.05, 0.1) is 42.7 Å². The van der Waals surface area contributed by atoms with Gasteiger partial charge in [-0.2, -0.15) is 9.97 Å². The number of hydrogen-bond donors (Lipinski definition) is 1. The minimum atomic E-state index is 0.126. The van der Waals surface area contributed by atoms with E-state index in [0.29, 0.717) is 24.8 Å². The van der Waals surface area contributed by atoms with E-state index in [9.17, 15) is 0 Å². The number of hydrogen-bond acceptors (Lipinski definition) is 9. The fourth-order valence-corrected chi connectivity index (χ4v) is 4.14. The zero-order valence-electron chi connectivity index (χ0n) is 17.9. The predicted molar refractivity (Wildman–Crippen MR) is 120 cm³/mol. The van der Waals surface area contributed by atoms with Crippen molar-refractivity contribution >= 4 is 34.3 Å². The van der Waals surface area contributed by atoms with Gasteiger partial charge in [0.15, 0.2) is 5.65 Å². The number of morpholine rings is 2. The lowest BCUT2D eigenvalue weighted by molar-refractivity contribution is -0.00570. The van der Waals surface area contributed by atoms with Gasteiger partial charge in [0, 0.05) is 32.4 Å². The van der Waals surface area contributed by atoms with Crippen LogP contribution >= 0.6 is 0 Å². The van der Waals surface area contributed by atoms with Crippen LogP contribution in [0.25, 0.3) is 11.0 Å². The van der Waals surface area contributed by atoms with Gasteiger partial charge in [-0.1, -0.05) is 0 Å². The highest BCUT2D eigenvalue weighted by Crippen LogP contribution is 2.29. The molecule has 3 aromatic rings. The molecule has 0 radical (unpaired) electrons. The van der Waals surface area contributed by atoms with E-state index >= 15 is 0 Å². The lowest BCUT2D eigenvalue weighted by Gasteiger charge is -2.36. The summed E-state index contributed by atoms with van der Waals surface area (Å²) in [6, 6.07) is 7.85. The number of aromatic nitrogens is 4. The van der Waals surface area contributed by atoms with Gasteiger partial charge in [0.25, 0.3) is 0 Å². The molecule has 2 saturated heterocycles. The fourth-order valence-electron chi connectivity index (χ4n) is 4.14. The second-order valence-corrected chi connectivity index (χ2v) is 8.04. The average molecular weight is 422 g/mol. The lowest BCUT2D eigenvalue weighted by Crippen LogP contribution is -2.46. The normalized spacial score (nSPS) is 22.0. The number of anilines is 4. The topological polar surface area (TPSA) is 88.5 Å². The van der Waals surface area contributed by atoms with Crippen LogP contribution < -0.4 is 15.1 Å². The van der Waals surface area contributed by atoms with Crippen molar-refractivity contribution in [2.24, 2.45) is 0 Å². The van der Waals surface area contributed by atoms with Crippen molar-refractivity contribution in [2.45, 2.75) is 26.1 Å². The van der Waals surface area contributed by atoms with Gasteiger partial charge < -0.3 is 24.6 Å². The Kier molecular flexibility index (Phi) is 5.52. The molecule has 3 aromatic heterocycles. The van der Waals surface area contributed by atoms with E-state index in [0.717, 1.165) is 48.9 Å². The van der Waals surface area contributed by atoms with Crippen LogP contribution in [0.3, 0.4) is 0 Å². The van der Waals surface area contributed by atoms with Crippen LogP contribution in [-0.2, 0) is 9.47 Å². The molecule has 162 valence electrons. The fraction of sp³-hybridized carbons (Fsp3) is 0.455. The first-order valence-corrected chi connectivity index (χ1v) is 10.7. The summed E-state index contributed by atoms with van der Waals surface area (Å²) in [6.07, 6.45) is 3.77. The van der Waals surface area contributed by atoms with Crippen molar-refractivity contribution in [3.05, 3.63) is 36.7 Å². The Morgan fingerprint density at radius 2 is 1.77 bits per heavy atom. The molecular weight excluding hydrogens is 394 g/mol. The molecule has 5 heterocycles. The Bertz CT molecular complexity index is 1030. The SMILES string of the molecule is CC1CN(c2nc(N3CCOCC3)c3ccc(Nc4cccnc4)nc3n2)CC(C)O1. The van der Waals surface area contributed by atoms with Crippen molar-refractivity contribution in [1.82, 2.24) is 19.9 Å². The number of rotatable bonds is 4. The summed E-state index contributed by atoms with van der Waals surface area (Å²) in [4.78, 5) is 23.3. The number of nitrogens with zero attached hydrogens (tertiary/aromatic N) is 6. The Morgan fingerprint density at radius 1 is 0.968 bits per heavy atom. The van der Waals surface area contributed by atoms with E-state index < -0.39 is 0 Å². The van der Waals surface area contributed by atoms with Gasteiger partial charge in [-0.05, 0) is 38.1 Å². The molecule has 0 bridgehead atoms. The summed E-state index contributed by atoms with van der Waals surface area (Å²) < 4.78 is 11.5. The molecule has 2 aliphatic rings. The molecule has 0 spiro atoms. The minimum Gasteiger partial charge on any atom is -0.378 e. The van der Waals surface area contributed by atoms with E-state index in [2.05, 4.69) is 33.9 Å². The van der Waals surface area contributed by atoms with Crippen molar-refractivity contribution in [1.29, 1.82) is 0 Å². The third-order valence-electron chi connectivity index (χ3n) is 5.47. The molecule has 2 unspecified atom stereocenters. The summed E-state index contributed by atoms with van der Waals surface area (Å²) in [5.41, 5.74) is 1.56. The highest BCUT2D eigenvalue weighted by atomic mass is 16.5. The van der Waals surface area contributed by atoms with Gasteiger partial charge >= 0.3 is 0 Å². The highest BCUT2D eigenvalue weighted by Gasteiger charge is 2.26. The number of pyridine rings is 2. The zero-order valence-corrected chi connectivity index (χ0v) is 17.9. The second kappa shape index (κ2) is 8.60. The van der Waals surface area contributed by atoms with Crippen LogP contribution in [0.15, 0.2) is 36.7 Å². The lowest BCUT2D eigenvalue weighted by atomic mass is 10.2. The zero-order chi connectivity index (χ0) is 21.2. The third-order valence-corrected chi connectivity index (χ3v) is 5.47. The van der Waals surface area contributed by atoms with E-state index in [-0.39, 0.29) is 12.2 Å². The molecule has 9 nitrogen and oxygen atoms in total. The Morgan fingerprint density at radius 3 is 2.52 bits per heavy atom. The molecule has 2 fully saturated rings. The van der Waals surface area contributed by atoms with E-state index in [1.807, 2.05) is 24.3 Å². The largest absolute Gasteiger partial charge is 0.378 e. The molecule has 1 N–H and O–H groups in total. The number of fused-ring (bicyclic) bond motifs is 1. The Hall–Kier alpha value is -3.04. The summed E-state index contributed by atoms with van der Waals surface area (Å²) >= 11 is 0. The smallest absolute Gasteiger partial charge is 0.229 e. The van der Waals surface area contributed by atoms with E-state index in [1.54, 1.807) is 12.4 Å². The highest BCUT2D eigenvalue weighted by molar-refractivity contribution is 5.89. The Balaban J connectivity index is 1.55. The monoisotopic (exact) mass is 421 g/mol. The minimum absolute atomic E-state index is 0.126. The van der Waals surface area contributed by atoms with Gasteiger partial charge in [-0.3, -0.25) is 4.98 Å². The van der Waals surface area contributed by atoms with Crippen molar-refractivity contribution < 1.29 is 9.47 Å². The van der Waals surface area contributed by atoms with Crippen LogP contribution in [0, 0.1) is 0 Å². The predicted octanol–water partition coefficient (Wildman–Crippen LogP) is 2.61.